The standard InChI is InChI=1S/C22H26F2N6O.C2H6.2H2/c1-13-9-14(3-8-19(13)30-25-2)17-10-26-21-18(17)11-27-22(29-21)28-15-4-6-16(7-5-15)31-12-20(23)24;1-2;;/h3,8-11,15-16,20H,4-7,12H2,1-2H3,(H2,26,27,28,29);1-2H3;2*1H. The molecule has 0 bridgehead atoms. The Kier molecular flexibility index (Phi) is 8.82. The number of aryl methyl sites for hydroxylation is 1. The average Bonchev–Trinajstić information content (AvgIpc) is 3.24. The molecule has 7 nitrogen and oxygen atoms in total. The maximum atomic E-state index is 12.3. The van der Waals surface area contributed by atoms with Crippen molar-refractivity contribution in [1.82, 2.24) is 15.0 Å². The van der Waals surface area contributed by atoms with Gasteiger partial charge in [-0.05, 0) is 55.9 Å². The third kappa shape index (κ3) is 6.31. The van der Waals surface area contributed by atoms with Gasteiger partial charge in [-0.3, -0.25) is 0 Å². The molecule has 33 heavy (non-hydrogen) atoms. The summed E-state index contributed by atoms with van der Waals surface area (Å²) < 4.78 is 29.8. The van der Waals surface area contributed by atoms with E-state index in [1.54, 1.807) is 7.05 Å². The van der Waals surface area contributed by atoms with Gasteiger partial charge in [0.15, 0.2) is 0 Å². The second-order valence-electron chi connectivity index (χ2n) is 7.80. The normalized spacial score (nSPS) is 18.5. The van der Waals surface area contributed by atoms with Gasteiger partial charge in [-0.1, -0.05) is 19.9 Å². The van der Waals surface area contributed by atoms with Crippen LogP contribution in [0.1, 0.15) is 47.9 Å². The van der Waals surface area contributed by atoms with Crippen LogP contribution in [0.5, 0.6) is 0 Å². The summed E-state index contributed by atoms with van der Waals surface area (Å²) in [5.41, 5.74) is 4.75. The van der Waals surface area contributed by atoms with Crippen LogP contribution >= 0.6 is 0 Å². The van der Waals surface area contributed by atoms with Crippen molar-refractivity contribution in [1.29, 1.82) is 0 Å². The van der Waals surface area contributed by atoms with Gasteiger partial charge in [-0.2, -0.15) is 15.2 Å². The minimum atomic E-state index is -2.41. The molecule has 1 fully saturated rings. The quantitative estimate of drug-likeness (QED) is 0.364. The summed E-state index contributed by atoms with van der Waals surface area (Å²) in [5, 5.41) is 12.3. The minimum Gasteiger partial charge on any atom is -0.372 e. The van der Waals surface area contributed by atoms with Gasteiger partial charge in [0.1, 0.15) is 12.3 Å². The third-order valence-electron chi connectivity index (χ3n) is 5.61. The van der Waals surface area contributed by atoms with Gasteiger partial charge in [-0.25, -0.2) is 13.8 Å². The van der Waals surface area contributed by atoms with Gasteiger partial charge in [-0.15, -0.1) is 0 Å². The van der Waals surface area contributed by atoms with Crippen LogP contribution in [0.4, 0.5) is 20.4 Å². The first-order valence-electron chi connectivity index (χ1n) is 11.4. The molecule has 2 aromatic heterocycles. The van der Waals surface area contributed by atoms with E-state index >= 15 is 0 Å². The van der Waals surface area contributed by atoms with Gasteiger partial charge in [0.2, 0.25) is 5.95 Å². The molecule has 0 aliphatic heterocycles. The fourth-order valence-corrected chi connectivity index (χ4v) is 4.02. The maximum absolute atomic E-state index is 12.3. The topological polar surface area (TPSA) is 87.5 Å². The molecule has 4 rings (SSSR count). The Hall–Kier alpha value is -2.94. The number of H-pyrrole nitrogens is 1. The lowest BCUT2D eigenvalue weighted by Gasteiger charge is -2.29. The molecule has 1 aliphatic carbocycles. The Morgan fingerprint density at radius 1 is 1.24 bits per heavy atom. The van der Waals surface area contributed by atoms with E-state index in [1.807, 2.05) is 45.3 Å². The van der Waals surface area contributed by atoms with E-state index in [9.17, 15) is 8.78 Å². The van der Waals surface area contributed by atoms with Gasteiger partial charge in [0.25, 0.3) is 6.43 Å². The molecule has 1 saturated carbocycles. The van der Waals surface area contributed by atoms with Crippen molar-refractivity contribution in [2.45, 2.75) is 65.0 Å². The monoisotopic (exact) mass is 462 g/mol. The zero-order chi connectivity index (χ0) is 23.8. The van der Waals surface area contributed by atoms with Crippen molar-refractivity contribution >= 4 is 22.7 Å². The number of hydrogen-bond acceptors (Lipinski definition) is 6. The first kappa shape index (κ1) is 24.7. The summed E-state index contributed by atoms with van der Waals surface area (Å²) in [6.07, 6.45) is 4.45. The van der Waals surface area contributed by atoms with Crippen molar-refractivity contribution < 1.29 is 16.4 Å². The Labute approximate surface area is 196 Å². The molecule has 1 aliphatic rings. The van der Waals surface area contributed by atoms with Crippen LogP contribution < -0.4 is 5.32 Å². The van der Waals surface area contributed by atoms with E-state index in [0.29, 0.717) is 5.95 Å². The molecule has 0 radical (unpaired) electrons. The summed E-state index contributed by atoms with van der Waals surface area (Å²) in [5.74, 6) is 0.563. The van der Waals surface area contributed by atoms with Crippen LogP contribution in [0.3, 0.4) is 0 Å². The number of aromatic amines is 1. The van der Waals surface area contributed by atoms with E-state index in [1.165, 1.54) is 0 Å². The molecule has 0 unspecified atom stereocenters. The number of nitrogens with zero attached hydrogens (tertiary/aromatic N) is 4. The molecule has 2 heterocycles. The van der Waals surface area contributed by atoms with E-state index in [-0.39, 0.29) is 15.0 Å². The number of halogens is 2. The number of fused-ring (bicyclic) bond motifs is 1. The summed E-state index contributed by atoms with van der Waals surface area (Å²) in [6, 6.07) is 6.25. The second kappa shape index (κ2) is 11.8. The predicted molar refractivity (Wildman–Crippen MR) is 132 cm³/mol. The molecule has 182 valence electrons. The second-order valence-corrected chi connectivity index (χ2v) is 7.80. The smallest absolute Gasteiger partial charge is 0.261 e. The van der Waals surface area contributed by atoms with Gasteiger partial charge in [0, 0.05) is 39.3 Å². The van der Waals surface area contributed by atoms with Crippen LogP contribution in [-0.4, -0.2) is 47.2 Å². The van der Waals surface area contributed by atoms with Crippen LogP contribution in [0, 0.1) is 6.92 Å². The minimum absolute atomic E-state index is 0. The highest BCUT2D eigenvalue weighted by Gasteiger charge is 2.23. The van der Waals surface area contributed by atoms with E-state index in [4.69, 9.17) is 4.74 Å². The summed E-state index contributed by atoms with van der Waals surface area (Å²) in [4.78, 5) is 12.4. The zero-order valence-electron chi connectivity index (χ0n) is 19.6. The van der Waals surface area contributed by atoms with Crippen molar-refractivity contribution in [2.24, 2.45) is 10.2 Å². The van der Waals surface area contributed by atoms with Crippen molar-refractivity contribution in [3.05, 3.63) is 36.2 Å². The largest absolute Gasteiger partial charge is 0.372 e. The number of benzene rings is 1. The highest BCUT2D eigenvalue weighted by molar-refractivity contribution is 5.93. The molecular formula is C24H36F2N6O. The lowest BCUT2D eigenvalue weighted by Crippen LogP contribution is -2.31. The summed E-state index contributed by atoms with van der Waals surface area (Å²) in [7, 11) is 1.66. The van der Waals surface area contributed by atoms with E-state index in [0.717, 1.165) is 59.1 Å². The molecule has 0 saturated heterocycles. The van der Waals surface area contributed by atoms with Crippen LogP contribution in [0.2, 0.25) is 0 Å². The molecule has 2 N–H and O–H groups in total. The predicted octanol–water partition coefficient (Wildman–Crippen LogP) is 7.17. The molecular weight excluding hydrogens is 426 g/mol. The van der Waals surface area contributed by atoms with E-state index in [2.05, 4.69) is 36.6 Å². The SMILES string of the molecule is CC.CN=Nc1ccc(-c2c[nH]c3nc(NC4CCC(OCC(F)F)CC4)ncc23)cc1C.[HH].[HH]. The number of aromatic nitrogens is 3. The first-order chi connectivity index (χ1) is 16.0. The number of azo groups is 1. The van der Waals surface area contributed by atoms with E-state index < -0.39 is 13.0 Å². The number of anilines is 1. The lowest BCUT2D eigenvalue weighted by atomic mass is 9.93. The first-order valence-corrected chi connectivity index (χ1v) is 11.4. The fraction of sp³-hybridized carbons (Fsp3) is 0.500. The maximum Gasteiger partial charge on any atom is 0.261 e. The summed E-state index contributed by atoms with van der Waals surface area (Å²) >= 11 is 0. The number of ether oxygens (including phenoxy) is 1. The number of alkyl halides is 2. The molecule has 3 aromatic rings. The number of nitrogens with one attached hydrogen (secondary N) is 2. The molecule has 1 aromatic carbocycles. The average molecular weight is 463 g/mol. The van der Waals surface area contributed by atoms with Gasteiger partial charge >= 0.3 is 0 Å². The van der Waals surface area contributed by atoms with Crippen molar-refractivity contribution in [3.8, 4) is 11.1 Å². The highest BCUT2D eigenvalue weighted by atomic mass is 19.3. The Morgan fingerprint density at radius 2 is 2.00 bits per heavy atom. The van der Waals surface area contributed by atoms with Crippen molar-refractivity contribution in [2.75, 3.05) is 19.0 Å². The van der Waals surface area contributed by atoms with Gasteiger partial charge < -0.3 is 15.0 Å². The van der Waals surface area contributed by atoms with Crippen LogP contribution in [-0.2, 0) is 4.74 Å². The molecule has 0 atom stereocenters. The Balaban J connectivity index is 0.00000149. The molecule has 0 spiro atoms. The highest BCUT2D eigenvalue weighted by Crippen LogP contribution is 2.32. The molecule has 9 heteroatoms. The Bertz CT molecular complexity index is 1070. The number of hydrogen-bond donors (Lipinski definition) is 2. The Morgan fingerprint density at radius 3 is 2.67 bits per heavy atom. The van der Waals surface area contributed by atoms with Crippen LogP contribution in [0.25, 0.3) is 22.2 Å². The zero-order valence-corrected chi connectivity index (χ0v) is 19.6. The van der Waals surface area contributed by atoms with Crippen molar-refractivity contribution in [3.63, 3.8) is 0 Å². The molecule has 0 amide bonds. The van der Waals surface area contributed by atoms with Crippen LogP contribution in [0.15, 0.2) is 40.8 Å². The summed E-state index contributed by atoms with van der Waals surface area (Å²) in [6.45, 7) is 5.52. The lowest BCUT2D eigenvalue weighted by molar-refractivity contribution is -0.0374. The number of rotatable bonds is 7. The fourth-order valence-electron chi connectivity index (χ4n) is 4.02. The van der Waals surface area contributed by atoms with Gasteiger partial charge in [0.05, 0.1) is 11.8 Å². The third-order valence-corrected chi connectivity index (χ3v) is 5.61.